The molecule has 3 rings (SSSR count). The molecule has 6 heteroatoms. The van der Waals surface area contributed by atoms with Gasteiger partial charge >= 0.3 is 0 Å². The molecule has 1 aliphatic heterocycles. The van der Waals surface area contributed by atoms with Gasteiger partial charge in [-0.1, -0.05) is 29.8 Å². The predicted octanol–water partition coefficient (Wildman–Crippen LogP) is 3.09. The van der Waals surface area contributed by atoms with Crippen LogP contribution in [0.1, 0.15) is 6.42 Å². The van der Waals surface area contributed by atoms with Crippen molar-refractivity contribution in [2.75, 3.05) is 17.3 Å². The zero-order valence-electron chi connectivity index (χ0n) is 12.5. The molecule has 118 valence electrons. The zero-order chi connectivity index (χ0) is 16.4. The highest BCUT2D eigenvalue weighted by Gasteiger charge is 2.39. The minimum atomic E-state index is -0.578. The Morgan fingerprint density at radius 1 is 1.17 bits per heavy atom. The number of para-hydroxylation sites is 1. The van der Waals surface area contributed by atoms with E-state index in [-0.39, 0.29) is 18.2 Å². The number of benzene rings is 2. The zero-order valence-corrected chi connectivity index (χ0v) is 13.2. The van der Waals surface area contributed by atoms with Crippen molar-refractivity contribution in [1.82, 2.24) is 0 Å². The summed E-state index contributed by atoms with van der Waals surface area (Å²) in [5.74, 6) is -0.0572. The summed E-state index contributed by atoms with van der Waals surface area (Å²) in [5, 5.41) is 3.44. The van der Waals surface area contributed by atoms with Crippen LogP contribution in [-0.2, 0) is 9.59 Å². The van der Waals surface area contributed by atoms with Gasteiger partial charge in [0.05, 0.1) is 24.2 Å². The molecule has 0 saturated carbocycles. The van der Waals surface area contributed by atoms with E-state index in [1.54, 1.807) is 18.2 Å². The Bertz CT molecular complexity index is 749. The van der Waals surface area contributed by atoms with E-state index in [4.69, 9.17) is 16.3 Å². The average molecular weight is 331 g/mol. The minimum Gasteiger partial charge on any atom is -0.495 e. The first-order valence-corrected chi connectivity index (χ1v) is 7.50. The van der Waals surface area contributed by atoms with Crippen molar-refractivity contribution in [1.29, 1.82) is 0 Å². The molecule has 0 aromatic heterocycles. The number of amides is 2. The maximum atomic E-state index is 12.6. The van der Waals surface area contributed by atoms with E-state index < -0.39 is 6.04 Å². The lowest BCUT2D eigenvalue weighted by atomic mass is 10.2. The van der Waals surface area contributed by atoms with Crippen molar-refractivity contribution >= 4 is 34.8 Å². The minimum absolute atomic E-state index is 0.109. The quantitative estimate of drug-likeness (QED) is 0.875. The van der Waals surface area contributed by atoms with Crippen LogP contribution in [0.25, 0.3) is 0 Å². The number of hydrogen-bond acceptors (Lipinski definition) is 4. The first-order valence-electron chi connectivity index (χ1n) is 7.12. The van der Waals surface area contributed by atoms with Gasteiger partial charge in [0.2, 0.25) is 5.91 Å². The number of imide groups is 1. The molecule has 0 spiro atoms. The van der Waals surface area contributed by atoms with E-state index in [0.717, 1.165) is 10.6 Å². The van der Waals surface area contributed by atoms with Gasteiger partial charge in [-0.2, -0.15) is 0 Å². The highest BCUT2D eigenvalue weighted by Crippen LogP contribution is 2.32. The Kier molecular flexibility index (Phi) is 4.21. The Labute approximate surface area is 138 Å². The Hall–Kier alpha value is -2.53. The second-order valence-corrected chi connectivity index (χ2v) is 5.56. The van der Waals surface area contributed by atoms with E-state index in [1.165, 1.54) is 7.11 Å². The van der Waals surface area contributed by atoms with Crippen LogP contribution in [0.15, 0.2) is 48.5 Å². The van der Waals surface area contributed by atoms with Gasteiger partial charge in [-0.25, -0.2) is 4.90 Å². The number of ether oxygens (including phenoxy) is 1. The molecule has 1 heterocycles. The summed E-state index contributed by atoms with van der Waals surface area (Å²) < 4.78 is 5.08. The van der Waals surface area contributed by atoms with Gasteiger partial charge in [0.15, 0.2) is 0 Å². The number of carbonyl (C=O) groups is 2. The van der Waals surface area contributed by atoms with Crippen LogP contribution >= 0.6 is 11.6 Å². The van der Waals surface area contributed by atoms with Crippen molar-refractivity contribution in [3.05, 3.63) is 53.6 Å². The fourth-order valence-corrected chi connectivity index (χ4v) is 2.80. The first kappa shape index (κ1) is 15.4. The number of rotatable bonds is 4. The van der Waals surface area contributed by atoms with Gasteiger partial charge in [0.1, 0.15) is 11.8 Å². The van der Waals surface area contributed by atoms with E-state index >= 15 is 0 Å². The SMILES string of the molecule is COc1ccc(N2C(=O)CC(Nc3ccccc3)C2=O)cc1Cl. The van der Waals surface area contributed by atoms with E-state index in [0.29, 0.717) is 16.5 Å². The fraction of sp³-hybridized carbons (Fsp3) is 0.176. The third kappa shape index (κ3) is 3.00. The molecule has 2 amide bonds. The summed E-state index contributed by atoms with van der Waals surface area (Å²) in [6.45, 7) is 0. The maximum Gasteiger partial charge on any atom is 0.256 e. The van der Waals surface area contributed by atoms with Crippen LogP contribution < -0.4 is 15.0 Å². The number of nitrogens with one attached hydrogen (secondary N) is 1. The average Bonchev–Trinajstić information content (AvgIpc) is 2.82. The van der Waals surface area contributed by atoms with E-state index in [9.17, 15) is 9.59 Å². The number of carbonyl (C=O) groups excluding carboxylic acids is 2. The Morgan fingerprint density at radius 2 is 1.91 bits per heavy atom. The smallest absolute Gasteiger partial charge is 0.256 e. The van der Waals surface area contributed by atoms with Crippen LogP contribution in [0.5, 0.6) is 5.75 Å². The molecular formula is C17H15ClN2O3. The molecule has 0 radical (unpaired) electrons. The maximum absolute atomic E-state index is 12.6. The number of methoxy groups -OCH3 is 1. The Balaban J connectivity index is 1.83. The Morgan fingerprint density at radius 3 is 2.57 bits per heavy atom. The summed E-state index contributed by atoms with van der Waals surface area (Å²) in [6, 6.07) is 13.6. The first-order chi connectivity index (χ1) is 11.1. The summed E-state index contributed by atoms with van der Waals surface area (Å²) in [5.41, 5.74) is 1.25. The molecule has 1 fully saturated rings. The second-order valence-electron chi connectivity index (χ2n) is 5.15. The third-order valence-electron chi connectivity index (χ3n) is 3.65. The molecule has 2 aromatic rings. The topological polar surface area (TPSA) is 58.6 Å². The lowest BCUT2D eigenvalue weighted by molar-refractivity contribution is -0.121. The van der Waals surface area contributed by atoms with Gasteiger partial charge in [0.25, 0.3) is 5.91 Å². The molecule has 5 nitrogen and oxygen atoms in total. The number of anilines is 2. The normalized spacial score (nSPS) is 17.5. The van der Waals surface area contributed by atoms with Crippen molar-refractivity contribution in [2.24, 2.45) is 0 Å². The molecule has 0 bridgehead atoms. The van der Waals surface area contributed by atoms with Crippen LogP contribution in [0, 0.1) is 0 Å². The summed E-state index contributed by atoms with van der Waals surface area (Å²) in [4.78, 5) is 26.0. The number of halogens is 1. The largest absolute Gasteiger partial charge is 0.495 e. The molecule has 1 unspecified atom stereocenters. The van der Waals surface area contributed by atoms with Gasteiger partial charge < -0.3 is 10.1 Å². The van der Waals surface area contributed by atoms with Gasteiger partial charge in [-0.05, 0) is 30.3 Å². The number of hydrogen-bond donors (Lipinski definition) is 1. The van der Waals surface area contributed by atoms with Gasteiger partial charge in [0, 0.05) is 5.69 Å². The molecule has 1 aliphatic rings. The standard InChI is InChI=1S/C17H15ClN2O3/c1-23-15-8-7-12(9-13(15)18)20-16(21)10-14(17(20)22)19-11-5-3-2-4-6-11/h2-9,14,19H,10H2,1H3. The molecule has 1 atom stereocenters. The van der Waals surface area contributed by atoms with E-state index in [2.05, 4.69) is 5.32 Å². The molecule has 1 saturated heterocycles. The monoisotopic (exact) mass is 330 g/mol. The van der Waals surface area contributed by atoms with Crippen molar-refractivity contribution < 1.29 is 14.3 Å². The molecule has 1 N–H and O–H groups in total. The molecular weight excluding hydrogens is 316 g/mol. The molecule has 23 heavy (non-hydrogen) atoms. The summed E-state index contributed by atoms with van der Waals surface area (Å²) in [6.07, 6.45) is 0.109. The highest BCUT2D eigenvalue weighted by molar-refractivity contribution is 6.33. The molecule has 0 aliphatic carbocycles. The lowest BCUT2D eigenvalue weighted by Gasteiger charge is -2.17. The van der Waals surface area contributed by atoms with Crippen molar-refractivity contribution in [3.8, 4) is 5.75 Å². The van der Waals surface area contributed by atoms with Crippen LogP contribution in [-0.4, -0.2) is 25.0 Å². The predicted molar refractivity (Wildman–Crippen MR) is 89.0 cm³/mol. The summed E-state index contributed by atoms with van der Waals surface area (Å²) >= 11 is 6.08. The van der Waals surface area contributed by atoms with Crippen LogP contribution in [0.3, 0.4) is 0 Å². The van der Waals surface area contributed by atoms with Crippen molar-refractivity contribution in [2.45, 2.75) is 12.5 Å². The second kappa shape index (κ2) is 6.30. The lowest BCUT2D eigenvalue weighted by Crippen LogP contribution is -2.34. The van der Waals surface area contributed by atoms with Crippen molar-refractivity contribution in [3.63, 3.8) is 0 Å². The fourth-order valence-electron chi connectivity index (χ4n) is 2.55. The van der Waals surface area contributed by atoms with Gasteiger partial charge in [-0.15, -0.1) is 0 Å². The molecule has 2 aromatic carbocycles. The summed E-state index contributed by atoms with van der Waals surface area (Å²) in [7, 11) is 1.51. The highest BCUT2D eigenvalue weighted by atomic mass is 35.5. The van der Waals surface area contributed by atoms with Crippen LogP contribution in [0.4, 0.5) is 11.4 Å². The van der Waals surface area contributed by atoms with Crippen LogP contribution in [0.2, 0.25) is 5.02 Å². The third-order valence-corrected chi connectivity index (χ3v) is 3.95. The number of nitrogens with zero attached hydrogens (tertiary/aromatic N) is 1. The van der Waals surface area contributed by atoms with E-state index in [1.807, 2.05) is 30.3 Å². The van der Waals surface area contributed by atoms with Gasteiger partial charge in [-0.3, -0.25) is 9.59 Å².